The third-order valence-corrected chi connectivity index (χ3v) is 4.28. The van der Waals surface area contributed by atoms with Crippen molar-refractivity contribution in [2.24, 2.45) is 0 Å². The molecule has 1 aromatic heterocycles. The van der Waals surface area contributed by atoms with Crippen molar-refractivity contribution in [3.63, 3.8) is 0 Å². The van der Waals surface area contributed by atoms with E-state index < -0.39 is 23.0 Å². The molecule has 0 aliphatic heterocycles. The van der Waals surface area contributed by atoms with Gasteiger partial charge >= 0.3 is 6.18 Å². The Balaban J connectivity index is 1.73. The zero-order valence-corrected chi connectivity index (χ0v) is 13.2. The second-order valence-electron chi connectivity index (χ2n) is 4.97. The number of hydrazine groups is 1. The van der Waals surface area contributed by atoms with Gasteiger partial charge in [0.25, 0.3) is 11.8 Å². The Morgan fingerprint density at radius 1 is 0.920 bits per heavy atom. The number of amides is 2. The first-order valence-electron chi connectivity index (χ1n) is 6.98. The summed E-state index contributed by atoms with van der Waals surface area (Å²) in [4.78, 5) is 27.4. The second-order valence-corrected chi connectivity index (χ2v) is 6.00. The summed E-state index contributed by atoms with van der Waals surface area (Å²) in [5.74, 6) is -1.15. The fourth-order valence-electron chi connectivity index (χ4n) is 2.03. The van der Waals surface area contributed by atoms with Gasteiger partial charge in [0.05, 0.1) is 10.2 Å². The zero-order chi connectivity index (χ0) is 18.0. The maximum Gasteiger partial charge on any atom is 0.443 e. The summed E-state index contributed by atoms with van der Waals surface area (Å²) in [5.41, 5.74) is 5.09. The molecule has 2 N–H and O–H groups in total. The van der Waals surface area contributed by atoms with E-state index in [1.807, 2.05) is 0 Å². The summed E-state index contributed by atoms with van der Waals surface area (Å²) in [6, 6.07) is 12.2. The molecule has 3 aromatic rings. The first-order valence-corrected chi connectivity index (χ1v) is 7.80. The minimum absolute atomic E-state index is 0.109. The molecule has 0 saturated carbocycles. The lowest BCUT2D eigenvalue weighted by Gasteiger charge is -2.07. The van der Waals surface area contributed by atoms with Crippen molar-refractivity contribution in [3.8, 4) is 0 Å². The summed E-state index contributed by atoms with van der Waals surface area (Å²) in [6.45, 7) is 0. The number of alkyl halides is 3. The molecule has 0 aliphatic rings. The Morgan fingerprint density at radius 3 is 2.20 bits per heavy atom. The predicted octanol–water partition coefficient (Wildman–Crippen LogP) is 3.39. The van der Waals surface area contributed by atoms with Gasteiger partial charge in [-0.1, -0.05) is 18.2 Å². The van der Waals surface area contributed by atoms with E-state index in [4.69, 9.17) is 0 Å². The van der Waals surface area contributed by atoms with Gasteiger partial charge in [0, 0.05) is 11.1 Å². The van der Waals surface area contributed by atoms with Crippen LogP contribution < -0.4 is 10.9 Å². The molecule has 25 heavy (non-hydrogen) atoms. The molecule has 0 aliphatic carbocycles. The van der Waals surface area contributed by atoms with Crippen LogP contribution in [0.3, 0.4) is 0 Å². The van der Waals surface area contributed by atoms with Crippen molar-refractivity contribution in [2.75, 3.05) is 0 Å². The molecule has 0 unspecified atom stereocenters. The van der Waals surface area contributed by atoms with Crippen molar-refractivity contribution in [1.82, 2.24) is 15.8 Å². The molecule has 1 heterocycles. The van der Waals surface area contributed by atoms with Gasteiger partial charge < -0.3 is 0 Å². The fraction of sp³-hybridized carbons (Fsp3) is 0.0625. The maximum absolute atomic E-state index is 12.7. The van der Waals surface area contributed by atoms with E-state index >= 15 is 0 Å². The SMILES string of the molecule is O=C(NNC(=O)c1ccc2nc(C(F)(F)F)sc2c1)c1ccccc1. The number of rotatable bonds is 2. The van der Waals surface area contributed by atoms with Crippen LogP contribution in [0.5, 0.6) is 0 Å². The summed E-state index contributed by atoms with van der Waals surface area (Å²) >= 11 is 0.454. The zero-order valence-electron chi connectivity index (χ0n) is 12.4. The largest absolute Gasteiger partial charge is 0.443 e. The standard InChI is InChI=1S/C16H10F3N3O2S/c17-16(18,19)15-20-11-7-6-10(8-12(11)25-15)14(24)22-21-13(23)9-4-2-1-3-5-9/h1-8H,(H,21,23)(H,22,24). The van der Waals surface area contributed by atoms with Crippen molar-refractivity contribution in [2.45, 2.75) is 6.18 Å². The van der Waals surface area contributed by atoms with Gasteiger partial charge in [0.2, 0.25) is 0 Å². The monoisotopic (exact) mass is 365 g/mol. The van der Waals surface area contributed by atoms with E-state index in [0.717, 1.165) is 0 Å². The van der Waals surface area contributed by atoms with Gasteiger partial charge in [-0.15, -0.1) is 11.3 Å². The molecule has 9 heteroatoms. The highest BCUT2D eigenvalue weighted by atomic mass is 32.1. The van der Waals surface area contributed by atoms with Crippen molar-refractivity contribution in [3.05, 3.63) is 64.7 Å². The Bertz CT molecular complexity index is 939. The number of aromatic nitrogens is 1. The number of benzene rings is 2. The van der Waals surface area contributed by atoms with Gasteiger partial charge in [0.1, 0.15) is 0 Å². The van der Waals surface area contributed by atoms with Crippen LogP contribution in [0.2, 0.25) is 0 Å². The first kappa shape index (κ1) is 16.9. The highest BCUT2D eigenvalue weighted by Crippen LogP contribution is 2.35. The average molecular weight is 365 g/mol. The van der Waals surface area contributed by atoms with Crippen LogP contribution in [0, 0.1) is 0 Å². The van der Waals surface area contributed by atoms with E-state index in [9.17, 15) is 22.8 Å². The lowest BCUT2D eigenvalue weighted by atomic mass is 10.2. The molecule has 3 rings (SSSR count). The number of fused-ring (bicyclic) bond motifs is 1. The van der Waals surface area contributed by atoms with Crippen molar-refractivity contribution in [1.29, 1.82) is 0 Å². The predicted molar refractivity (Wildman–Crippen MR) is 86.0 cm³/mol. The van der Waals surface area contributed by atoms with Gasteiger partial charge in [-0.2, -0.15) is 13.2 Å². The number of hydrogen-bond donors (Lipinski definition) is 2. The molecule has 0 saturated heterocycles. The van der Waals surface area contributed by atoms with E-state index in [-0.39, 0.29) is 15.8 Å². The van der Waals surface area contributed by atoms with Crippen molar-refractivity contribution >= 4 is 33.4 Å². The van der Waals surface area contributed by atoms with Crippen LogP contribution in [-0.2, 0) is 6.18 Å². The molecule has 0 bridgehead atoms. The topological polar surface area (TPSA) is 71.1 Å². The van der Waals surface area contributed by atoms with Crippen LogP contribution in [0.1, 0.15) is 25.7 Å². The van der Waals surface area contributed by atoms with Gasteiger partial charge in [-0.3, -0.25) is 20.4 Å². The molecule has 0 radical (unpaired) electrons. The maximum atomic E-state index is 12.7. The lowest BCUT2D eigenvalue weighted by molar-refractivity contribution is -0.137. The van der Waals surface area contributed by atoms with Gasteiger partial charge in [-0.05, 0) is 30.3 Å². The van der Waals surface area contributed by atoms with E-state index in [2.05, 4.69) is 15.8 Å². The van der Waals surface area contributed by atoms with Gasteiger partial charge in [-0.25, -0.2) is 4.98 Å². The Morgan fingerprint density at radius 2 is 1.56 bits per heavy atom. The normalized spacial score (nSPS) is 11.3. The first-order chi connectivity index (χ1) is 11.8. The molecular weight excluding hydrogens is 355 g/mol. The lowest BCUT2D eigenvalue weighted by Crippen LogP contribution is -2.41. The second kappa shape index (κ2) is 6.52. The summed E-state index contributed by atoms with van der Waals surface area (Å²) in [7, 11) is 0. The molecule has 0 atom stereocenters. The molecular formula is C16H10F3N3O2S. The van der Waals surface area contributed by atoms with E-state index in [1.165, 1.54) is 18.2 Å². The minimum atomic E-state index is -4.53. The van der Waals surface area contributed by atoms with Crippen LogP contribution in [0.4, 0.5) is 13.2 Å². The third kappa shape index (κ3) is 3.77. The van der Waals surface area contributed by atoms with E-state index in [0.29, 0.717) is 16.9 Å². The van der Waals surface area contributed by atoms with Gasteiger partial charge in [0.15, 0.2) is 5.01 Å². The number of hydrogen-bond acceptors (Lipinski definition) is 4. The highest BCUT2D eigenvalue weighted by Gasteiger charge is 2.34. The number of halogens is 3. The molecule has 128 valence electrons. The summed E-state index contributed by atoms with van der Waals surface area (Å²) in [5, 5.41) is -0.975. The smallest absolute Gasteiger partial charge is 0.267 e. The van der Waals surface area contributed by atoms with Crippen LogP contribution >= 0.6 is 11.3 Å². The molecule has 2 aromatic carbocycles. The average Bonchev–Trinajstić information content (AvgIpc) is 3.03. The number of nitrogens with one attached hydrogen (secondary N) is 2. The van der Waals surface area contributed by atoms with Crippen LogP contribution in [0.15, 0.2) is 48.5 Å². The minimum Gasteiger partial charge on any atom is -0.267 e. The Hall–Kier alpha value is -2.94. The Kier molecular flexibility index (Phi) is 4.41. The number of nitrogens with zero attached hydrogens (tertiary/aromatic N) is 1. The molecule has 0 spiro atoms. The summed E-state index contributed by atoms with van der Waals surface area (Å²) < 4.78 is 38.3. The van der Waals surface area contributed by atoms with Crippen LogP contribution in [-0.4, -0.2) is 16.8 Å². The highest BCUT2D eigenvalue weighted by molar-refractivity contribution is 7.18. The van der Waals surface area contributed by atoms with E-state index in [1.54, 1.807) is 30.3 Å². The van der Waals surface area contributed by atoms with Crippen molar-refractivity contribution < 1.29 is 22.8 Å². The number of carbonyl (C=O) groups is 2. The molecule has 0 fully saturated rings. The quantitative estimate of drug-likeness (QED) is 0.684. The van der Waals surface area contributed by atoms with Crippen LogP contribution in [0.25, 0.3) is 10.2 Å². The number of carbonyl (C=O) groups excluding carboxylic acids is 2. The fourth-order valence-corrected chi connectivity index (χ4v) is 2.91. The molecule has 5 nitrogen and oxygen atoms in total. The number of thiazole rings is 1. The molecule has 2 amide bonds. The third-order valence-electron chi connectivity index (χ3n) is 3.22. The Labute approximate surface area is 143 Å². The summed E-state index contributed by atoms with van der Waals surface area (Å²) in [6.07, 6.45) is -4.53.